The largest absolute Gasteiger partial charge is 0.666 e. The molecule has 1 rings (SSSR count). The van der Waals surface area contributed by atoms with Crippen molar-refractivity contribution in [2.45, 2.75) is 38.6 Å². The van der Waals surface area contributed by atoms with Crippen LogP contribution in [0.4, 0.5) is 4.79 Å². The minimum Gasteiger partial charge on any atom is -0.666 e. The molecule has 3 N–H and O–H groups in total. The fraction of sp³-hybridized carbons (Fsp3) is 0.438. The molecule has 0 aliphatic heterocycles. The zero-order valence-electron chi connectivity index (χ0n) is 14.0. The Morgan fingerprint density at radius 3 is 2.17 bits per heavy atom. The van der Waals surface area contributed by atoms with E-state index in [9.17, 15) is 14.4 Å². The van der Waals surface area contributed by atoms with Gasteiger partial charge in [0.05, 0.1) is 11.9 Å². The van der Waals surface area contributed by atoms with Gasteiger partial charge in [-0.2, -0.15) is 0 Å². The number of benzene rings is 1. The monoisotopic (exact) mass is 425 g/mol. The summed E-state index contributed by atoms with van der Waals surface area (Å²) in [7, 11) is 0. The van der Waals surface area contributed by atoms with Crippen LogP contribution in [-0.2, 0) is 48.1 Å². The average Bonchev–Trinajstić information content (AvgIpc) is 2.51. The van der Waals surface area contributed by atoms with E-state index in [1.807, 2.05) is 30.3 Å². The Balaban J connectivity index is 0.00000529. The molecule has 129 valence electrons. The molecular formula is C16H22N3O3SY-. The molecule has 0 aliphatic carbocycles. The topological polar surface area (TPSA) is 99.1 Å². The predicted octanol–water partition coefficient (Wildman–Crippen LogP) is 2.74. The molecule has 0 heterocycles. The fourth-order valence-electron chi connectivity index (χ4n) is 1.80. The van der Waals surface area contributed by atoms with Crippen molar-refractivity contribution in [3.05, 3.63) is 41.6 Å². The normalized spacial score (nSPS) is 12.7. The van der Waals surface area contributed by atoms with Crippen LogP contribution >= 0.6 is 11.8 Å². The average molecular weight is 425 g/mol. The second-order valence-electron chi connectivity index (χ2n) is 5.52. The molecule has 1 aromatic carbocycles. The number of rotatable bonds is 7. The molecule has 0 unspecified atom stereocenters. The molecule has 1 radical (unpaired) electrons. The van der Waals surface area contributed by atoms with Gasteiger partial charge in [-0.15, -0.1) is 0 Å². The van der Waals surface area contributed by atoms with Gasteiger partial charge >= 0.3 is 0 Å². The maximum absolute atomic E-state index is 12.1. The van der Waals surface area contributed by atoms with Gasteiger partial charge in [0, 0.05) is 38.5 Å². The SMILES string of the molecule is CC(C)[C@H](NC(=O)SCc1ccccc1)C(=O)N[C@@H](C)C([NH-])=O.[Y]. The summed E-state index contributed by atoms with van der Waals surface area (Å²) in [4.78, 5) is 35.1. The van der Waals surface area contributed by atoms with Crippen LogP contribution in [-0.4, -0.2) is 29.1 Å². The summed E-state index contributed by atoms with van der Waals surface area (Å²) in [6.07, 6.45) is 0. The van der Waals surface area contributed by atoms with Gasteiger partial charge in [0.15, 0.2) is 0 Å². The number of thioether (sulfide) groups is 1. The van der Waals surface area contributed by atoms with Crippen LogP contribution in [0.15, 0.2) is 30.3 Å². The molecule has 3 amide bonds. The summed E-state index contributed by atoms with van der Waals surface area (Å²) < 4.78 is 0. The first kappa shape index (κ1) is 23.1. The number of carbonyl (C=O) groups is 3. The third kappa shape index (κ3) is 8.26. The van der Waals surface area contributed by atoms with Crippen molar-refractivity contribution >= 4 is 28.8 Å². The van der Waals surface area contributed by atoms with Crippen molar-refractivity contribution in [3.63, 3.8) is 0 Å². The van der Waals surface area contributed by atoms with Crippen LogP contribution in [0.25, 0.3) is 5.73 Å². The minimum absolute atomic E-state index is 0. The Bertz CT molecular complexity index is 555. The molecule has 8 heteroatoms. The van der Waals surface area contributed by atoms with Gasteiger partial charge in [-0.3, -0.25) is 9.59 Å². The Morgan fingerprint density at radius 2 is 1.67 bits per heavy atom. The van der Waals surface area contributed by atoms with E-state index in [0.717, 1.165) is 17.3 Å². The molecule has 0 saturated carbocycles. The maximum atomic E-state index is 12.1. The summed E-state index contributed by atoms with van der Waals surface area (Å²) in [6, 6.07) is 7.92. The molecule has 0 aliphatic rings. The number of nitrogens with one attached hydrogen (secondary N) is 3. The molecule has 0 bridgehead atoms. The van der Waals surface area contributed by atoms with Crippen LogP contribution in [0, 0.1) is 5.92 Å². The van der Waals surface area contributed by atoms with Crippen molar-refractivity contribution in [2.75, 3.05) is 0 Å². The van der Waals surface area contributed by atoms with Crippen LogP contribution in [0.2, 0.25) is 0 Å². The van der Waals surface area contributed by atoms with E-state index < -0.39 is 23.9 Å². The molecule has 0 spiro atoms. The number of hydrogen-bond donors (Lipinski definition) is 2. The van der Waals surface area contributed by atoms with Gasteiger partial charge < -0.3 is 21.2 Å². The van der Waals surface area contributed by atoms with Crippen molar-refractivity contribution in [3.8, 4) is 0 Å². The van der Waals surface area contributed by atoms with Gasteiger partial charge in [0.25, 0.3) is 5.24 Å². The Labute approximate surface area is 172 Å². The van der Waals surface area contributed by atoms with Crippen molar-refractivity contribution in [1.82, 2.24) is 10.6 Å². The number of carbonyl (C=O) groups excluding carboxylic acids is 3. The van der Waals surface area contributed by atoms with E-state index >= 15 is 0 Å². The molecule has 0 aromatic heterocycles. The fourth-order valence-corrected chi connectivity index (χ4v) is 2.50. The number of hydrogen-bond acceptors (Lipinski definition) is 4. The second kappa shape index (κ2) is 11.6. The molecule has 2 atom stereocenters. The second-order valence-corrected chi connectivity index (χ2v) is 6.47. The van der Waals surface area contributed by atoms with Crippen molar-refractivity contribution in [1.29, 1.82) is 0 Å². The van der Waals surface area contributed by atoms with E-state index in [-0.39, 0.29) is 43.9 Å². The van der Waals surface area contributed by atoms with E-state index in [4.69, 9.17) is 5.73 Å². The van der Waals surface area contributed by atoms with Gasteiger partial charge in [-0.1, -0.05) is 55.9 Å². The standard InChI is InChI=1S/C16H23N3O3S.Y/c1-10(2)13(15(21)18-11(3)14(17)20)19-16(22)23-9-12-7-5-4-6-8-12;/h4-8,10-11,13H,9H2,1-3H3,(H4,17,18,19,20,21,22);/p-1/t11-,13-;/m0./s1. The van der Waals surface area contributed by atoms with Gasteiger partial charge in [0.2, 0.25) is 5.91 Å². The van der Waals surface area contributed by atoms with Crippen molar-refractivity contribution in [2.24, 2.45) is 5.92 Å². The van der Waals surface area contributed by atoms with E-state index in [2.05, 4.69) is 10.6 Å². The third-order valence-electron chi connectivity index (χ3n) is 3.19. The van der Waals surface area contributed by atoms with Gasteiger partial charge in [0.1, 0.15) is 6.04 Å². The molecule has 0 fully saturated rings. The zero-order chi connectivity index (χ0) is 17.4. The van der Waals surface area contributed by atoms with Crippen LogP contribution in [0.1, 0.15) is 26.3 Å². The molecular weight excluding hydrogens is 403 g/mol. The zero-order valence-corrected chi connectivity index (χ0v) is 17.7. The molecule has 1 aromatic rings. The molecule has 6 nitrogen and oxygen atoms in total. The van der Waals surface area contributed by atoms with Crippen LogP contribution < -0.4 is 10.6 Å². The summed E-state index contributed by atoms with van der Waals surface area (Å²) in [5, 5.41) is 4.81. The first-order valence-corrected chi connectivity index (χ1v) is 8.33. The van der Waals surface area contributed by atoms with Crippen molar-refractivity contribution < 1.29 is 47.1 Å². The maximum Gasteiger partial charge on any atom is 0.280 e. The number of amides is 3. The van der Waals surface area contributed by atoms with E-state index in [1.54, 1.807) is 13.8 Å². The van der Waals surface area contributed by atoms with Gasteiger partial charge in [-0.05, 0) is 18.4 Å². The molecule has 0 saturated heterocycles. The summed E-state index contributed by atoms with van der Waals surface area (Å²) in [5.74, 6) is -0.947. The third-order valence-corrected chi connectivity index (χ3v) is 4.05. The summed E-state index contributed by atoms with van der Waals surface area (Å²) in [6.45, 7) is 5.05. The van der Waals surface area contributed by atoms with Gasteiger partial charge in [-0.25, -0.2) is 0 Å². The Morgan fingerprint density at radius 1 is 1.08 bits per heavy atom. The Kier molecular flexibility index (Phi) is 11.2. The quantitative estimate of drug-likeness (QED) is 0.702. The summed E-state index contributed by atoms with van der Waals surface area (Å²) >= 11 is 1.08. The predicted molar refractivity (Wildman–Crippen MR) is 91.8 cm³/mol. The molecule has 24 heavy (non-hydrogen) atoms. The Hall–Kier alpha value is -0.916. The minimum atomic E-state index is -0.891. The van der Waals surface area contributed by atoms with E-state index in [0.29, 0.717) is 5.75 Å². The van der Waals surface area contributed by atoms with E-state index in [1.165, 1.54) is 6.92 Å². The van der Waals surface area contributed by atoms with Crippen LogP contribution in [0.5, 0.6) is 0 Å². The first-order valence-electron chi connectivity index (χ1n) is 7.34. The first-order chi connectivity index (χ1) is 10.8. The summed E-state index contributed by atoms with van der Waals surface area (Å²) in [5.41, 5.74) is 8.00. The smallest absolute Gasteiger partial charge is 0.280 e. The van der Waals surface area contributed by atoms with Crippen LogP contribution in [0.3, 0.4) is 0 Å².